The van der Waals surface area contributed by atoms with Gasteiger partial charge in [-0.1, -0.05) is 20.7 Å². The zero-order valence-electron chi connectivity index (χ0n) is 2.89. The topological polar surface area (TPSA) is 12.4 Å². The monoisotopic (exact) mass is 211 g/mol. The van der Waals surface area contributed by atoms with Crippen LogP contribution in [0.2, 0.25) is 0 Å². The molecule has 32 valence electrons. The second kappa shape index (κ2) is 2.55. The van der Waals surface area contributed by atoms with Crippen LogP contribution in [0.15, 0.2) is 8.48 Å². The fraction of sp³-hybridized carbons (Fsp3) is 0. The lowest BCUT2D eigenvalue weighted by molar-refractivity contribution is 2.04. The Morgan fingerprint density at radius 3 is 3.00 bits per heavy atom. The van der Waals surface area contributed by atoms with Gasteiger partial charge in [-0.3, -0.25) is 0 Å². The molecule has 0 saturated heterocycles. The third-order valence-electron chi connectivity index (χ3n) is 0.308. The van der Waals surface area contributed by atoms with Crippen LogP contribution in [0.3, 0.4) is 0 Å². The summed E-state index contributed by atoms with van der Waals surface area (Å²) < 4.78 is 7.90. The lowest BCUT2D eigenvalue weighted by Crippen LogP contribution is -1.54. The minimum absolute atomic E-state index is 0.223. The van der Waals surface area contributed by atoms with Crippen molar-refractivity contribution in [3.05, 3.63) is 4.08 Å². The van der Waals surface area contributed by atoms with Gasteiger partial charge in [-0.25, -0.2) is 0 Å². The molecule has 1 heterocycles. The van der Waals surface area contributed by atoms with Gasteiger partial charge < -0.3 is 0 Å². The molecule has 0 saturated carbocycles. The highest BCUT2D eigenvalue weighted by Gasteiger charge is 1.71. The number of rotatable bonds is 0. The van der Waals surface area contributed by atoms with E-state index in [0.717, 1.165) is 0 Å². The van der Waals surface area contributed by atoms with Crippen molar-refractivity contribution in [2.24, 2.45) is 4.40 Å². The molecule has 0 unspecified atom stereocenters. The molecule has 0 radical (unpaired) electrons. The third kappa shape index (κ3) is 1.24. The van der Waals surface area contributed by atoms with Crippen LogP contribution in [0.4, 0.5) is 0 Å². The zero-order chi connectivity index (χ0) is 4.24. The standard InChI is InChI=1S/C3H2INS/c1-2-5-6-3-4-1/h1,3H. The smallest absolute Gasteiger partial charge is 0.0342 e. The van der Waals surface area contributed by atoms with Gasteiger partial charge in [0.25, 0.3) is 0 Å². The fourth-order valence-electron chi connectivity index (χ4n) is 0.147. The fourth-order valence-corrected chi connectivity index (χ4v) is 2.06. The predicted octanol–water partition coefficient (Wildman–Crippen LogP) is 1.56. The van der Waals surface area contributed by atoms with Gasteiger partial charge in [-0.05, 0) is 0 Å². The highest BCUT2D eigenvalue weighted by atomic mass is 127. The van der Waals surface area contributed by atoms with Gasteiger partial charge in [-0.2, -0.15) is 4.40 Å². The summed E-state index contributed by atoms with van der Waals surface area (Å²) in [5.74, 6) is 2.77. The second-order valence-corrected chi connectivity index (χ2v) is 4.09. The van der Waals surface area contributed by atoms with E-state index >= 15 is 0 Å². The van der Waals surface area contributed by atoms with Crippen molar-refractivity contribution in [1.29, 1.82) is 0 Å². The largest absolute Gasteiger partial charge is 0.168 e. The quantitative estimate of drug-likeness (QED) is 0.437. The molecule has 3 heteroatoms. The molecule has 1 aliphatic rings. The molecule has 0 aromatic carbocycles. The lowest BCUT2D eigenvalue weighted by Gasteiger charge is -1.76. The van der Waals surface area contributed by atoms with E-state index in [0.29, 0.717) is 0 Å². The molecule has 0 aromatic heterocycles. The highest BCUT2D eigenvalue weighted by molar-refractivity contribution is 14.2. The Morgan fingerprint density at radius 2 is 2.83 bits per heavy atom. The molecule has 0 spiro atoms. The van der Waals surface area contributed by atoms with Crippen molar-refractivity contribution in [3.8, 4) is 0 Å². The van der Waals surface area contributed by atoms with Gasteiger partial charge in [-0.15, -0.1) is 0 Å². The summed E-state index contributed by atoms with van der Waals surface area (Å²) in [5.41, 5.74) is 0. The minimum Gasteiger partial charge on any atom is -0.168 e. The molecule has 0 bridgehead atoms. The molecule has 0 atom stereocenters. The van der Waals surface area contributed by atoms with Gasteiger partial charge in [0.05, 0.1) is 0 Å². The Bertz CT molecular complexity index is 123. The van der Waals surface area contributed by atoms with Gasteiger partial charge in [0.15, 0.2) is 0 Å². The summed E-state index contributed by atoms with van der Waals surface area (Å²) in [6.45, 7) is 0. The summed E-state index contributed by atoms with van der Waals surface area (Å²) >= 11 is 1.72. The highest BCUT2D eigenvalue weighted by Crippen LogP contribution is 2.07. The third-order valence-corrected chi connectivity index (χ3v) is 2.90. The molecule has 0 N–H and O–H groups in total. The number of hydrogen-bond acceptors (Lipinski definition) is 2. The van der Waals surface area contributed by atoms with Crippen LogP contribution in [0.25, 0.3) is 0 Å². The van der Waals surface area contributed by atoms with Crippen LogP contribution in [0, 0.1) is 0 Å². The Balaban J connectivity index is 2.78. The van der Waals surface area contributed by atoms with Gasteiger partial charge in [0, 0.05) is 25.2 Å². The van der Waals surface area contributed by atoms with Crippen molar-refractivity contribution in [2.75, 3.05) is 0 Å². The van der Waals surface area contributed by atoms with Gasteiger partial charge in [0.1, 0.15) is 0 Å². The average Bonchev–Trinajstić information content (AvgIpc) is 1.72. The Morgan fingerprint density at radius 1 is 1.83 bits per heavy atom. The van der Waals surface area contributed by atoms with Crippen LogP contribution in [0.5, 0.6) is 0 Å². The van der Waals surface area contributed by atoms with Crippen LogP contribution in [-0.2, 0) is 0 Å². The first-order chi connectivity index (χ1) is 3.00. The van der Waals surface area contributed by atoms with Crippen LogP contribution >= 0.6 is 32.7 Å². The number of nitrogens with zero attached hydrogens (tertiary/aromatic N) is 1. The molecule has 0 fully saturated rings. The minimum atomic E-state index is 0.223. The van der Waals surface area contributed by atoms with Crippen molar-refractivity contribution >= 4 is 41.9 Å². The van der Waals surface area contributed by atoms with Crippen molar-refractivity contribution < 1.29 is 0 Å². The van der Waals surface area contributed by atoms with E-state index in [-0.39, 0.29) is 20.7 Å². The summed E-state index contributed by atoms with van der Waals surface area (Å²) in [6.07, 6.45) is 0. The van der Waals surface area contributed by atoms with E-state index < -0.39 is 0 Å². The zero-order valence-corrected chi connectivity index (χ0v) is 5.86. The lowest BCUT2D eigenvalue weighted by atomic mass is 11.2. The van der Waals surface area contributed by atoms with Crippen molar-refractivity contribution in [3.63, 3.8) is 0 Å². The Hall–Kier alpha value is 0.400. The number of hydrogen-bond donors (Lipinski definition) is 0. The summed E-state index contributed by atoms with van der Waals surface area (Å²) in [5, 5.41) is 0. The van der Waals surface area contributed by atoms with Gasteiger partial charge >= 0.3 is 0 Å². The van der Waals surface area contributed by atoms with E-state index in [9.17, 15) is 0 Å². The molecule has 1 nitrogen and oxygen atoms in total. The van der Waals surface area contributed by atoms with Crippen LogP contribution < -0.4 is 0 Å². The van der Waals surface area contributed by atoms with Crippen molar-refractivity contribution in [1.82, 2.24) is 0 Å². The summed E-state index contributed by atoms with van der Waals surface area (Å²) in [6, 6.07) is 0. The maximum absolute atomic E-state index is 3.76. The molecular formula is C3H2INS. The Kier molecular flexibility index (Phi) is 1.94. The normalized spacial score (nSPS) is 17.3. The molecule has 1 rings (SSSR count). The second-order valence-electron chi connectivity index (χ2n) is 0.650. The summed E-state index contributed by atoms with van der Waals surface area (Å²) in [4.78, 5) is 0. The maximum atomic E-state index is 3.76. The molecule has 0 amide bonds. The van der Waals surface area contributed by atoms with E-state index in [2.05, 4.69) is 13.6 Å². The molecule has 1 aliphatic heterocycles. The first-order valence-corrected chi connectivity index (χ1v) is 4.69. The summed E-state index contributed by atoms with van der Waals surface area (Å²) in [7, 11) is 0. The van der Waals surface area contributed by atoms with E-state index in [1.165, 1.54) is 11.9 Å². The van der Waals surface area contributed by atoms with Crippen molar-refractivity contribution in [2.45, 2.75) is 0 Å². The van der Waals surface area contributed by atoms with E-state index in [4.69, 9.17) is 0 Å². The SMILES string of the molecule is C1=CI=CSN=1. The molecule has 0 aromatic rings. The Labute approximate surface area is 50.4 Å². The van der Waals surface area contributed by atoms with E-state index in [1.807, 2.05) is 4.08 Å². The van der Waals surface area contributed by atoms with Crippen LogP contribution in [-0.4, -0.2) is 9.21 Å². The first-order valence-electron chi connectivity index (χ1n) is 1.37. The maximum Gasteiger partial charge on any atom is 0.0342 e. The molecular weight excluding hydrogens is 209 g/mol. The first kappa shape index (κ1) is 4.56. The number of halogens is 1. The average molecular weight is 211 g/mol. The molecule has 6 heavy (non-hydrogen) atoms. The van der Waals surface area contributed by atoms with Gasteiger partial charge in [0.2, 0.25) is 0 Å². The van der Waals surface area contributed by atoms with Crippen LogP contribution in [0.1, 0.15) is 0 Å². The predicted molar refractivity (Wildman–Crippen MR) is 39.7 cm³/mol. The van der Waals surface area contributed by atoms with E-state index in [1.54, 1.807) is 0 Å². The molecule has 0 aliphatic carbocycles.